The summed E-state index contributed by atoms with van der Waals surface area (Å²) in [7, 11) is 0. The Kier molecular flexibility index (Phi) is 5.20. The van der Waals surface area contributed by atoms with Crippen LogP contribution in [0.4, 0.5) is 0 Å². The molecule has 0 spiro atoms. The zero-order chi connectivity index (χ0) is 17.1. The van der Waals surface area contributed by atoms with Gasteiger partial charge in [0.2, 0.25) is 0 Å². The number of Topliss-reactive ketones (excluding diaryl/α,β-unsaturated/α-hetero) is 1. The van der Waals surface area contributed by atoms with Gasteiger partial charge in [-0.3, -0.25) is 9.59 Å². The molecule has 2 rings (SSSR count). The Morgan fingerprint density at radius 2 is 2.00 bits per heavy atom. The van der Waals surface area contributed by atoms with Crippen LogP contribution in [0.2, 0.25) is 0 Å². The molecular weight excluding hydrogens is 318 g/mol. The molecule has 0 aliphatic rings. The van der Waals surface area contributed by atoms with Crippen LogP contribution in [-0.2, 0) is 20.7 Å². The van der Waals surface area contributed by atoms with E-state index >= 15 is 0 Å². The van der Waals surface area contributed by atoms with Crippen LogP contribution in [0.25, 0.3) is 4.83 Å². The van der Waals surface area contributed by atoms with Gasteiger partial charge < -0.3 is 13.9 Å². The molecule has 6 nitrogen and oxygen atoms in total. The van der Waals surface area contributed by atoms with Gasteiger partial charge in [0, 0.05) is 18.0 Å². The molecule has 0 aliphatic carbocycles. The van der Waals surface area contributed by atoms with Gasteiger partial charge in [0.25, 0.3) is 0 Å². The first-order valence-corrected chi connectivity index (χ1v) is 8.22. The minimum absolute atomic E-state index is 0.0431. The Morgan fingerprint density at radius 3 is 2.57 bits per heavy atom. The number of thiazole rings is 1. The summed E-state index contributed by atoms with van der Waals surface area (Å²) in [5, 5.41) is 1.75. The zero-order valence-corrected chi connectivity index (χ0v) is 14.4. The first kappa shape index (κ1) is 17.2. The molecule has 0 amide bonds. The number of fused-ring (bicyclic) bond motifs is 1. The van der Waals surface area contributed by atoms with Crippen molar-refractivity contribution in [3.05, 3.63) is 28.4 Å². The number of carbonyl (C=O) groups excluding carboxylic acids is 3. The molecule has 0 fully saturated rings. The molecule has 7 heteroatoms. The highest BCUT2D eigenvalue weighted by Crippen LogP contribution is 2.27. The van der Waals surface area contributed by atoms with E-state index in [0.29, 0.717) is 28.4 Å². The van der Waals surface area contributed by atoms with Crippen molar-refractivity contribution in [1.82, 2.24) is 4.40 Å². The van der Waals surface area contributed by atoms with E-state index in [1.807, 2.05) is 0 Å². The summed E-state index contributed by atoms with van der Waals surface area (Å²) in [6.45, 7) is 6.97. The van der Waals surface area contributed by atoms with Crippen molar-refractivity contribution in [3.63, 3.8) is 0 Å². The van der Waals surface area contributed by atoms with E-state index in [-0.39, 0.29) is 24.3 Å². The van der Waals surface area contributed by atoms with E-state index in [1.165, 1.54) is 24.3 Å². The maximum absolute atomic E-state index is 12.2. The normalized spacial score (nSPS) is 11.0. The van der Waals surface area contributed by atoms with E-state index in [9.17, 15) is 14.4 Å². The number of nitrogens with zero attached hydrogens (tertiary/aromatic N) is 1. The lowest BCUT2D eigenvalue weighted by molar-refractivity contribution is -0.142. The van der Waals surface area contributed by atoms with Crippen LogP contribution in [0.3, 0.4) is 0 Å². The molecule has 124 valence electrons. The second kappa shape index (κ2) is 6.95. The molecule has 0 aromatic carbocycles. The molecule has 0 bridgehead atoms. The average molecular weight is 337 g/mol. The third kappa shape index (κ3) is 3.61. The summed E-state index contributed by atoms with van der Waals surface area (Å²) in [6, 6.07) is 1.52. The Labute approximate surface area is 138 Å². The van der Waals surface area contributed by atoms with Gasteiger partial charge in [-0.15, -0.1) is 11.3 Å². The summed E-state index contributed by atoms with van der Waals surface area (Å²) in [5.74, 6) is -1.04. The predicted octanol–water partition coefficient (Wildman–Crippen LogP) is 2.87. The molecule has 23 heavy (non-hydrogen) atoms. The fourth-order valence-electron chi connectivity index (χ4n) is 2.23. The molecule has 2 aromatic rings. The predicted molar refractivity (Wildman–Crippen MR) is 86.2 cm³/mol. The molecular formula is C16H19NO5S. The van der Waals surface area contributed by atoms with Crippen LogP contribution in [0.15, 0.2) is 11.4 Å². The van der Waals surface area contributed by atoms with Crippen molar-refractivity contribution in [2.45, 2.75) is 40.2 Å². The van der Waals surface area contributed by atoms with Gasteiger partial charge in [0.1, 0.15) is 4.83 Å². The van der Waals surface area contributed by atoms with Crippen molar-refractivity contribution in [2.24, 2.45) is 0 Å². The van der Waals surface area contributed by atoms with Crippen LogP contribution in [-0.4, -0.2) is 34.8 Å². The fourth-order valence-corrected chi connectivity index (χ4v) is 3.26. The maximum Gasteiger partial charge on any atom is 0.341 e. The van der Waals surface area contributed by atoms with Crippen LogP contribution in [0.1, 0.15) is 54.2 Å². The van der Waals surface area contributed by atoms with E-state index in [4.69, 9.17) is 9.47 Å². The minimum atomic E-state index is -0.477. The van der Waals surface area contributed by atoms with Crippen LogP contribution in [0, 0.1) is 0 Å². The molecule has 0 N–H and O–H groups in total. The lowest BCUT2D eigenvalue weighted by Gasteiger charge is -2.05. The summed E-state index contributed by atoms with van der Waals surface area (Å²) >= 11 is 1.30. The van der Waals surface area contributed by atoms with Crippen LogP contribution >= 0.6 is 11.3 Å². The smallest absolute Gasteiger partial charge is 0.341 e. The van der Waals surface area contributed by atoms with Crippen molar-refractivity contribution < 1.29 is 23.9 Å². The number of rotatable bonds is 6. The molecule has 0 unspecified atom stereocenters. The van der Waals surface area contributed by atoms with Gasteiger partial charge in [-0.25, -0.2) is 4.79 Å². The highest BCUT2D eigenvalue weighted by Gasteiger charge is 2.23. The van der Waals surface area contributed by atoms with Crippen LogP contribution < -0.4 is 0 Å². The summed E-state index contributed by atoms with van der Waals surface area (Å²) in [4.78, 5) is 36.4. The molecule has 0 saturated heterocycles. The second-order valence-electron chi connectivity index (χ2n) is 5.30. The number of hydrogen-bond acceptors (Lipinski definition) is 6. The van der Waals surface area contributed by atoms with Crippen molar-refractivity contribution >= 4 is 33.9 Å². The van der Waals surface area contributed by atoms with Gasteiger partial charge in [-0.05, 0) is 26.8 Å². The number of hydrogen-bond donors (Lipinski definition) is 0. The molecule has 0 saturated carbocycles. The fraction of sp³-hybridized carbons (Fsp3) is 0.438. The standard InChI is InChI=1S/C16H19NO5S/c1-5-21-14(19)6-11-8-23-15-12(16(20)22-9(2)3)7-13(10(4)18)17(11)15/h7-9H,5-6H2,1-4H3. The van der Waals surface area contributed by atoms with Crippen molar-refractivity contribution in [2.75, 3.05) is 6.61 Å². The SMILES string of the molecule is CCOC(=O)Cc1csc2c(C(=O)OC(C)C)cc(C(C)=O)n12. The van der Waals surface area contributed by atoms with E-state index in [1.54, 1.807) is 30.6 Å². The summed E-state index contributed by atoms with van der Waals surface area (Å²) in [6.07, 6.45) is -0.209. The number of carbonyl (C=O) groups is 3. The van der Waals surface area contributed by atoms with Gasteiger partial charge in [0.05, 0.1) is 30.4 Å². The van der Waals surface area contributed by atoms with Crippen LogP contribution in [0.5, 0.6) is 0 Å². The lowest BCUT2D eigenvalue weighted by atomic mass is 10.2. The number of esters is 2. The molecule has 0 radical (unpaired) electrons. The molecule has 2 heterocycles. The van der Waals surface area contributed by atoms with Gasteiger partial charge in [-0.2, -0.15) is 0 Å². The van der Waals surface area contributed by atoms with E-state index < -0.39 is 5.97 Å². The minimum Gasteiger partial charge on any atom is -0.466 e. The van der Waals surface area contributed by atoms with Gasteiger partial charge >= 0.3 is 11.9 Å². The topological polar surface area (TPSA) is 74.1 Å². The van der Waals surface area contributed by atoms with E-state index in [0.717, 1.165) is 0 Å². The zero-order valence-electron chi connectivity index (χ0n) is 13.5. The molecule has 0 aliphatic heterocycles. The third-order valence-electron chi connectivity index (χ3n) is 3.10. The maximum atomic E-state index is 12.2. The number of ketones is 1. The third-order valence-corrected chi connectivity index (χ3v) is 4.12. The Bertz CT molecular complexity index is 756. The Morgan fingerprint density at radius 1 is 1.30 bits per heavy atom. The summed E-state index contributed by atoms with van der Waals surface area (Å²) in [5.41, 5.74) is 1.32. The lowest BCUT2D eigenvalue weighted by Crippen LogP contribution is -2.11. The van der Waals surface area contributed by atoms with Gasteiger partial charge in [0.15, 0.2) is 5.78 Å². The number of ether oxygens (including phenoxy) is 2. The van der Waals surface area contributed by atoms with Gasteiger partial charge in [-0.1, -0.05) is 0 Å². The van der Waals surface area contributed by atoms with Crippen molar-refractivity contribution in [1.29, 1.82) is 0 Å². The second-order valence-corrected chi connectivity index (χ2v) is 6.16. The molecule has 0 atom stereocenters. The highest BCUT2D eigenvalue weighted by molar-refractivity contribution is 7.16. The van der Waals surface area contributed by atoms with Crippen molar-refractivity contribution in [3.8, 4) is 0 Å². The van der Waals surface area contributed by atoms with E-state index in [2.05, 4.69) is 0 Å². The quantitative estimate of drug-likeness (QED) is 0.598. The largest absolute Gasteiger partial charge is 0.466 e. The summed E-state index contributed by atoms with van der Waals surface area (Å²) < 4.78 is 11.8. The first-order chi connectivity index (χ1) is 10.8. The number of aromatic nitrogens is 1. The molecule has 2 aromatic heterocycles. The Hall–Kier alpha value is -2.15. The Balaban J connectivity index is 2.49. The highest BCUT2D eigenvalue weighted by atomic mass is 32.1. The monoisotopic (exact) mass is 337 g/mol. The average Bonchev–Trinajstić information content (AvgIpc) is 2.99. The first-order valence-electron chi connectivity index (χ1n) is 7.34.